The minimum Gasteiger partial charge on any atom is -0.352 e. The molecule has 0 spiro atoms. The van der Waals surface area contributed by atoms with E-state index in [9.17, 15) is 4.79 Å². The van der Waals surface area contributed by atoms with Crippen LogP contribution in [0.2, 0.25) is 0 Å². The highest BCUT2D eigenvalue weighted by Crippen LogP contribution is 2.12. The number of amides is 1. The Labute approximate surface area is 140 Å². The van der Waals surface area contributed by atoms with Gasteiger partial charge >= 0.3 is 0 Å². The molecular weight excluding hydrogens is 360 g/mol. The second-order valence-electron chi connectivity index (χ2n) is 4.63. The summed E-state index contributed by atoms with van der Waals surface area (Å²) >= 11 is 5.11. The quantitative estimate of drug-likeness (QED) is 0.763. The lowest BCUT2D eigenvalue weighted by atomic mass is 10.1. The van der Waals surface area contributed by atoms with Gasteiger partial charge in [0, 0.05) is 10.5 Å². The molecule has 6 heteroatoms. The molecule has 1 aromatic rings. The molecule has 0 radical (unpaired) electrons. The van der Waals surface area contributed by atoms with Crippen LogP contribution in [0.25, 0.3) is 0 Å². The summed E-state index contributed by atoms with van der Waals surface area (Å²) in [7, 11) is 0. The summed E-state index contributed by atoms with van der Waals surface area (Å²) < 4.78 is 1.06. The van der Waals surface area contributed by atoms with Crippen LogP contribution in [0.1, 0.15) is 18.9 Å². The summed E-state index contributed by atoms with van der Waals surface area (Å²) in [5, 5.41) is 2.97. The van der Waals surface area contributed by atoms with E-state index in [-0.39, 0.29) is 24.4 Å². The summed E-state index contributed by atoms with van der Waals surface area (Å²) in [5.41, 5.74) is 7.04. The van der Waals surface area contributed by atoms with Crippen molar-refractivity contribution in [2.24, 2.45) is 5.73 Å². The number of benzene rings is 1. The van der Waals surface area contributed by atoms with Crippen LogP contribution in [0.15, 0.2) is 28.7 Å². The largest absolute Gasteiger partial charge is 0.352 e. The Kier molecular flexibility index (Phi) is 10.4. The Morgan fingerprint density at radius 1 is 1.40 bits per heavy atom. The van der Waals surface area contributed by atoms with Gasteiger partial charge in [0.15, 0.2) is 0 Å². The Balaban J connectivity index is 0.00000361. The Bertz CT molecular complexity index is 403. The average molecular weight is 382 g/mol. The monoisotopic (exact) mass is 380 g/mol. The van der Waals surface area contributed by atoms with Gasteiger partial charge in [-0.15, -0.1) is 12.4 Å². The van der Waals surface area contributed by atoms with Crippen LogP contribution in [0, 0.1) is 0 Å². The van der Waals surface area contributed by atoms with Crippen molar-refractivity contribution < 1.29 is 4.79 Å². The molecule has 0 aliphatic carbocycles. The summed E-state index contributed by atoms with van der Waals surface area (Å²) in [6.07, 6.45) is 3.55. The maximum atomic E-state index is 11.9. The Morgan fingerprint density at radius 2 is 2.00 bits per heavy atom. The van der Waals surface area contributed by atoms with Crippen molar-refractivity contribution in [3.63, 3.8) is 0 Å². The molecule has 2 atom stereocenters. The first-order chi connectivity index (χ1) is 9.02. The zero-order valence-electron chi connectivity index (χ0n) is 11.8. The summed E-state index contributed by atoms with van der Waals surface area (Å²) in [6, 6.07) is 7.82. The molecule has 3 nitrogen and oxygen atoms in total. The van der Waals surface area contributed by atoms with E-state index in [1.807, 2.05) is 25.3 Å². The van der Waals surface area contributed by atoms with Gasteiger partial charge in [0.1, 0.15) is 0 Å². The second-order valence-corrected chi connectivity index (χ2v) is 6.53. The molecule has 1 rings (SSSR count). The molecule has 0 heterocycles. The molecular formula is C14H22BrClN2OS. The third kappa shape index (κ3) is 7.53. The lowest BCUT2D eigenvalue weighted by Gasteiger charge is -2.17. The lowest BCUT2D eigenvalue weighted by molar-refractivity contribution is -0.122. The van der Waals surface area contributed by atoms with Crippen molar-refractivity contribution in [3.8, 4) is 0 Å². The number of nitrogens with two attached hydrogens (primary N) is 1. The number of carbonyl (C=O) groups excluding carboxylic acids is 1. The number of hydrogen-bond acceptors (Lipinski definition) is 3. The van der Waals surface area contributed by atoms with Gasteiger partial charge in [-0.05, 0) is 49.5 Å². The predicted molar refractivity (Wildman–Crippen MR) is 93.7 cm³/mol. The number of halogens is 2. The van der Waals surface area contributed by atoms with Gasteiger partial charge in [0.25, 0.3) is 0 Å². The van der Waals surface area contributed by atoms with Crippen LogP contribution >= 0.6 is 40.1 Å². The van der Waals surface area contributed by atoms with Crippen molar-refractivity contribution in [1.82, 2.24) is 5.32 Å². The van der Waals surface area contributed by atoms with Gasteiger partial charge in [-0.1, -0.05) is 28.1 Å². The fraction of sp³-hybridized carbons (Fsp3) is 0.500. The van der Waals surface area contributed by atoms with Crippen LogP contribution in [-0.2, 0) is 11.2 Å². The van der Waals surface area contributed by atoms with Crippen molar-refractivity contribution in [2.45, 2.75) is 31.8 Å². The van der Waals surface area contributed by atoms with Gasteiger partial charge in [-0.25, -0.2) is 0 Å². The van der Waals surface area contributed by atoms with Gasteiger partial charge < -0.3 is 11.1 Å². The molecule has 1 unspecified atom stereocenters. The van der Waals surface area contributed by atoms with E-state index in [1.54, 1.807) is 11.8 Å². The normalized spacial score (nSPS) is 13.2. The molecule has 1 aromatic carbocycles. The highest BCUT2D eigenvalue weighted by Gasteiger charge is 2.15. The fourth-order valence-electron chi connectivity index (χ4n) is 1.75. The molecule has 0 aliphatic heterocycles. The van der Waals surface area contributed by atoms with Crippen molar-refractivity contribution >= 4 is 46.0 Å². The molecule has 114 valence electrons. The van der Waals surface area contributed by atoms with Crippen molar-refractivity contribution in [2.75, 3.05) is 12.0 Å². The third-order valence-corrected chi connectivity index (χ3v) is 3.99. The zero-order chi connectivity index (χ0) is 14.3. The maximum absolute atomic E-state index is 11.9. The number of rotatable bonds is 7. The zero-order valence-corrected chi connectivity index (χ0v) is 15.0. The molecule has 20 heavy (non-hydrogen) atoms. The van der Waals surface area contributed by atoms with Crippen LogP contribution in [0.3, 0.4) is 0 Å². The van der Waals surface area contributed by atoms with Crippen molar-refractivity contribution in [3.05, 3.63) is 34.3 Å². The Hall–Kier alpha value is -0.230. The van der Waals surface area contributed by atoms with Crippen LogP contribution in [0.5, 0.6) is 0 Å². The minimum absolute atomic E-state index is 0. The molecule has 0 aliphatic rings. The van der Waals surface area contributed by atoms with Gasteiger partial charge in [0.05, 0.1) is 6.04 Å². The van der Waals surface area contributed by atoms with Gasteiger partial charge in [-0.3, -0.25) is 4.79 Å². The minimum atomic E-state index is -0.403. The average Bonchev–Trinajstić information content (AvgIpc) is 2.38. The number of nitrogens with one attached hydrogen (secondary N) is 1. The topological polar surface area (TPSA) is 55.1 Å². The van der Waals surface area contributed by atoms with Crippen LogP contribution in [0.4, 0.5) is 0 Å². The van der Waals surface area contributed by atoms with E-state index >= 15 is 0 Å². The third-order valence-electron chi connectivity index (χ3n) is 2.81. The van der Waals surface area contributed by atoms with Gasteiger partial charge in [-0.2, -0.15) is 11.8 Å². The van der Waals surface area contributed by atoms with Gasteiger partial charge in [0.2, 0.25) is 5.91 Å². The van der Waals surface area contributed by atoms with Crippen molar-refractivity contribution in [1.29, 1.82) is 0 Å². The second kappa shape index (κ2) is 10.5. The molecule has 0 aromatic heterocycles. The Morgan fingerprint density at radius 3 is 2.55 bits per heavy atom. The number of carbonyl (C=O) groups is 1. The molecule has 0 bridgehead atoms. The van der Waals surface area contributed by atoms with E-state index in [0.717, 1.165) is 23.1 Å². The summed E-state index contributed by atoms with van der Waals surface area (Å²) in [4.78, 5) is 11.9. The van der Waals surface area contributed by atoms with Crippen LogP contribution < -0.4 is 11.1 Å². The first-order valence-electron chi connectivity index (χ1n) is 6.32. The molecule has 1 amide bonds. The van der Waals surface area contributed by atoms with E-state index in [1.165, 1.54) is 5.56 Å². The van der Waals surface area contributed by atoms with E-state index in [2.05, 4.69) is 33.4 Å². The number of thioether (sulfide) groups is 1. The van der Waals surface area contributed by atoms with E-state index in [0.29, 0.717) is 0 Å². The fourth-order valence-corrected chi connectivity index (χ4v) is 2.50. The van der Waals surface area contributed by atoms with E-state index in [4.69, 9.17) is 5.73 Å². The van der Waals surface area contributed by atoms with Crippen LogP contribution in [-0.4, -0.2) is 30.0 Å². The predicted octanol–water partition coefficient (Wildman–Crippen LogP) is 3.00. The maximum Gasteiger partial charge on any atom is 0.237 e. The SMILES string of the molecule is CSCC[C@H](N)C(=O)NC(C)Cc1ccc(Br)cc1.Cl. The lowest BCUT2D eigenvalue weighted by Crippen LogP contribution is -2.45. The molecule has 0 saturated heterocycles. The summed E-state index contributed by atoms with van der Waals surface area (Å²) in [6.45, 7) is 2.00. The first-order valence-corrected chi connectivity index (χ1v) is 8.51. The molecule has 0 saturated carbocycles. The first kappa shape index (κ1) is 19.8. The summed E-state index contributed by atoms with van der Waals surface area (Å²) in [5.74, 6) is 0.856. The van der Waals surface area contributed by atoms with E-state index < -0.39 is 6.04 Å². The molecule has 0 fully saturated rings. The highest BCUT2D eigenvalue weighted by molar-refractivity contribution is 9.10. The smallest absolute Gasteiger partial charge is 0.237 e. The standard InChI is InChI=1S/C14H21BrN2OS.ClH/c1-10(9-11-3-5-12(15)6-4-11)17-14(18)13(16)7-8-19-2;/h3-6,10,13H,7-9,16H2,1-2H3,(H,17,18);1H/t10?,13-;/m0./s1. The highest BCUT2D eigenvalue weighted by atomic mass is 79.9. The number of hydrogen-bond donors (Lipinski definition) is 2. The molecule has 3 N–H and O–H groups in total.